The molecule has 0 spiro atoms. The minimum absolute atomic E-state index is 0.123. The smallest absolute Gasteiger partial charge is 0.387 e. The Morgan fingerprint density at radius 1 is 1.09 bits per heavy atom. The summed E-state index contributed by atoms with van der Waals surface area (Å²) in [6.45, 7) is 0. The topological polar surface area (TPSA) is 67.5 Å². The third-order valence-electron chi connectivity index (χ3n) is 3.50. The van der Waals surface area contributed by atoms with Gasteiger partial charge in [-0.05, 0) is 23.7 Å². The number of fused-ring (bicyclic) bond motifs is 1. The summed E-state index contributed by atoms with van der Waals surface area (Å²) < 4.78 is 44.3. The number of hydrogen-bond donors (Lipinski definition) is 2. The lowest BCUT2D eigenvalue weighted by Crippen LogP contribution is -2.40. The standard InChI is InChI=1S/C12H8Cl3F3N2O3/c13-3-1-5-6(2-4(3)14)20(11(15)19-5)10-8(22)7(21)9(23-10)12(16,17)18/h1-2,7-10,21-22H/t7-,8+,9-,10+/m0/s1. The molecule has 1 aromatic carbocycles. The van der Waals surface area contributed by atoms with Crippen molar-refractivity contribution in [2.24, 2.45) is 0 Å². The monoisotopic (exact) mass is 390 g/mol. The predicted octanol–water partition coefficient (Wildman–Crippen LogP) is 3.18. The lowest BCUT2D eigenvalue weighted by atomic mass is 10.1. The van der Waals surface area contributed by atoms with E-state index in [-0.39, 0.29) is 26.4 Å². The van der Waals surface area contributed by atoms with Crippen molar-refractivity contribution in [2.45, 2.75) is 30.7 Å². The predicted molar refractivity (Wildman–Crippen MR) is 76.7 cm³/mol. The van der Waals surface area contributed by atoms with Crippen molar-refractivity contribution >= 4 is 45.8 Å². The first-order valence-corrected chi connectivity index (χ1v) is 7.35. The molecule has 3 rings (SSSR count). The van der Waals surface area contributed by atoms with Crippen LogP contribution < -0.4 is 0 Å². The Bertz CT molecular complexity index is 767. The van der Waals surface area contributed by atoms with Gasteiger partial charge in [0.05, 0.1) is 21.1 Å². The fourth-order valence-electron chi connectivity index (χ4n) is 2.45. The van der Waals surface area contributed by atoms with Gasteiger partial charge < -0.3 is 14.9 Å². The van der Waals surface area contributed by atoms with E-state index in [0.717, 1.165) is 4.57 Å². The lowest BCUT2D eigenvalue weighted by Gasteiger charge is -2.18. The molecular weight excluding hydrogens is 383 g/mol. The third-order valence-corrected chi connectivity index (χ3v) is 4.49. The average Bonchev–Trinajstić information content (AvgIpc) is 2.88. The highest BCUT2D eigenvalue weighted by Crippen LogP contribution is 2.41. The van der Waals surface area contributed by atoms with Crippen LogP contribution in [0, 0.1) is 0 Å². The van der Waals surface area contributed by atoms with Crippen molar-refractivity contribution < 1.29 is 28.1 Å². The van der Waals surface area contributed by atoms with E-state index in [9.17, 15) is 23.4 Å². The second-order valence-electron chi connectivity index (χ2n) is 4.98. The Labute approximate surface area is 142 Å². The van der Waals surface area contributed by atoms with Crippen LogP contribution in [0.25, 0.3) is 11.0 Å². The van der Waals surface area contributed by atoms with Gasteiger partial charge in [0.1, 0.15) is 12.2 Å². The quantitative estimate of drug-likeness (QED) is 0.783. The summed E-state index contributed by atoms with van der Waals surface area (Å²) in [5.41, 5.74) is 0.466. The Hall–Kier alpha value is -0.770. The van der Waals surface area contributed by atoms with Gasteiger partial charge in [-0.2, -0.15) is 13.2 Å². The molecular formula is C12H8Cl3F3N2O3. The van der Waals surface area contributed by atoms with Gasteiger partial charge in [0.2, 0.25) is 5.28 Å². The van der Waals surface area contributed by atoms with E-state index >= 15 is 0 Å². The normalized spacial score (nSPS) is 28.7. The van der Waals surface area contributed by atoms with Gasteiger partial charge in [-0.1, -0.05) is 23.2 Å². The first-order valence-electron chi connectivity index (χ1n) is 6.22. The number of halogens is 6. The molecule has 0 aliphatic carbocycles. The van der Waals surface area contributed by atoms with E-state index in [0.29, 0.717) is 0 Å². The number of ether oxygens (including phenoxy) is 1. The van der Waals surface area contributed by atoms with E-state index in [1.54, 1.807) is 0 Å². The van der Waals surface area contributed by atoms with Crippen LogP contribution in [0.1, 0.15) is 6.23 Å². The number of alkyl halides is 3. The van der Waals surface area contributed by atoms with Gasteiger partial charge in [-0.3, -0.25) is 4.57 Å². The lowest BCUT2D eigenvalue weighted by molar-refractivity contribution is -0.236. The van der Waals surface area contributed by atoms with Crippen molar-refractivity contribution in [1.29, 1.82) is 0 Å². The van der Waals surface area contributed by atoms with Crippen LogP contribution in [0.15, 0.2) is 12.1 Å². The van der Waals surface area contributed by atoms with Crippen molar-refractivity contribution in [2.75, 3.05) is 0 Å². The summed E-state index contributed by atoms with van der Waals surface area (Å²) in [5, 5.41) is 19.6. The average molecular weight is 392 g/mol. The molecule has 0 unspecified atom stereocenters. The van der Waals surface area contributed by atoms with Crippen LogP contribution in [0.3, 0.4) is 0 Å². The van der Waals surface area contributed by atoms with E-state index in [1.807, 2.05) is 0 Å². The molecule has 1 aromatic heterocycles. The summed E-state index contributed by atoms with van der Waals surface area (Å²) in [5.74, 6) is 0. The highest BCUT2D eigenvalue weighted by Gasteiger charge is 2.56. The molecule has 0 amide bonds. The molecule has 11 heteroatoms. The number of aliphatic hydroxyl groups excluding tert-OH is 2. The Morgan fingerprint density at radius 2 is 1.70 bits per heavy atom. The van der Waals surface area contributed by atoms with Gasteiger partial charge in [0.15, 0.2) is 12.3 Å². The molecule has 0 bridgehead atoms. The van der Waals surface area contributed by atoms with Gasteiger partial charge in [0, 0.05) is 0 Å². The van der Waals surface area contributed by atoms with E-state index < -0.39 is 30.7 Å². The van der Waals surface area contributed by atoms with Gasteiger partial charge in [-0.15, -0.1) is 0 Å². The van der Waals surface area contributed by atoms with Crippen molar-refractivity contribution in [3.63, 3.8) is 0 Å². The Morgan fingerprint density at radius 3 is 2.26 bits per heavy atom. The molecule has 1 aliphatic heterocycles. The van der Waals surface area contributed by atoms with Gasteiger partial charge in [-0.25, -0.2) is 4.98 Å². The van der Waals surface area contributed by atoms with Gasteiger partial charge >= 0.3 is 6.18 Å². The third kappa shape index (κ3) is 2.77. The number of aromatic nitrogens is 2. The molecule has 1 saturated heterocycles. The minimum atomic E-state index is -4.85. The molecule has 4 atom stereocenters. The molecule has 2 heterocycles. The SMILES string of the molecule is O[C@@H]1[C@H](O)[C@@H](C(F)(F)F)O[C@H]1n1c(Cl)nc2cc(Cl)c(Cl)cc21. The largest absolute Gasteiger partial charge is 0.417 e. The zero-order chi connectivity index (χ0) is 17.1. The maximum atomic E-state index is 12.8. The number of aliphatic hydroxyl groups is 2. The Kier molecular flexibility index (Phi) is 4.19. The molecule has 2 aromatic rings. The summed E-state index contributed by atoms with van der Waals surface area (Å²) in [7, 11) is 0. The van der Waals surface area contributed by atoms with Crippen LogP contribution in [0.2, 0.25) is 15.3 Å². The summed E-state index contributed by atoms with van der Waals surface area (Å²) in [4.78, 5) is 3.94. The highest BCUT2D eigenvalue weighted by molar-refractivity contribution is 6.42. The molecule has 5 nitrogen and oxygen atoms in total. The van der Waals surface area contributed by atoms with Gasteiger partial charge in [0.25, 0.3) is 0 Å². The molecule has 126 valence electrons. The van der Waals surface area contributed by atoms with Crippen LogP contribution in [-0.4, -0.2) is 44.3 Å². The van der Waals surface area contributed by atoms with Crippen molar-refractivity contribution in [1.82, 2.24) is 9.55 Å². The fraction of sp³-hybridized carbons (Fsp3) is 0.417. The Balaban J connectivity index is 2.10. The molecule has 0 radical (unpaired) electrons. The van der Waals surface area contributed by atoms with E-state index in [4.69, 9.17) is 39.5 Å². The first kappa shape index (κ1) is 17.1. The highest BCUT2D eigenvalue weighted by atomic mass is 35.5. The first-order chi connectivity index (χ1) is 10.6. The molecule has 0 saturated carbocycles. The van der Waals surface area contributed by atoms with Crippen LogP contribution in [0.4, 0.5) is 13.2 Å². The molecule has 2 N–H and O–H groups in total. The summed E-state index contributed by atoms with van der Waals surface area (Å²) in [6.07, 6.45) is -13.0. The number of rotatable bonds is 1. The van der Waals surface area contributed by atoms with Crippen LogP contribution in [-0.2, 0) is 4.74 Å². The minimum Gasteiger partial charge on any atom is -0.387 e. The number of imidazole rings is 1. The second-order valence-corrected chi connectivity index (χ2v) is 6.13. The van der Waals surface area contributed by atoms with Crippen LogP contribution in [0.5, 0.6) is 0 Å². The summed E-state index contributed by atoms with van der Waals surface area (Å²) in [6, 6.07) is 2.71. The second kappa shape index (κ2) is 5.65. The fourth-order valence-corrected chi connectivity index (χ4v) is 3.04. The molecule has 1 fully saturated rings. The van der Waals surface area contributed by atoms with Crippen molar-refractivity contribution in [3.05, 3.63) is 27.5 Å². The summed E-state index contributed by atoms with van der Waals surface area (Å²) >= 11 is 17.7. The number of hydrogen-bond acceptors (Lipinski definition) is 4. The zero-order valence-electron chi connectivity index (χ0n) is 10.9. The molecule has 1 aliphatic rings. The zero-order valence-corrected chi connectivity index (χ0v) is 13.2. The maximum absolute atomic E-state index is 12.8. The van der Waals surface area contributed by atoms with Crippen LogP contribution >= 0.6 is 34.8 Å². The number of nitrogens with zero attached hydrogens (tertiary/aromatic N) is 2. The van der Waals surface area contributed by atoms with E-state index in [2.05, 4.69) is 4.98 Å². The maximum Gasteiger partial charge on any atom is 0.417 e. The number of benzene rings is 1. The molecule has 23 heavy (non-hydrogen) atoms. The van der Waals surface area contributed by atoms with E-state index in [1.165, 1.54) is 12.1 Å². The van der Waals surface area contributed by atoms with Crippen molar-refractivity contribution in [3.8, 4) is 0 Å².